The summed E-state index contributed by atoms with van der Waals surface area (Å²) >= 11 is 3.45. The molecular formula is C17H21BrN2O. The number of nitrogens with one attached hydrogen (secondary N) is 1. The fourth-order valence-corrected chi connectivity index (χ4v) is 2.45. The molecule has 1 N–H and O–H groups in total. The fraction of sp³-hybridized carbons (Fsp3) is 0.353. The first kappa shape index (κ1) is 16.0. The first-order valence-corrected chi connectivity index (χ1v) is 8.10. The number of benzene rings is 1. The molecule has 0 aliphatic rings. The first-order valence-electron chi connectivity index (χ1n) is 7.31. The first-order chi connectivity index (χ1) is 10.3. The summed E-state index contributed by atoms with van der Waals surface area (Å²) in [5.74, 6) is 0.729. The van der Waals surface area contributed by atoms with Gasteiger partial charge in [-0.25, -0.2) is 4.98 Å². The van der Waals surface area contributed by atoms with Crippen LogP contribution in [0, 0.1) is 0 Å². The third-order valence-electron chi connectivity index (χ3n) is 3.15. The van der Waals surface area contributed by atoms with E-state index in [2.05, 4.69) is 63.5 Å². The number of ether oxygens (including phenoxy) is 1. The number of aryl methyl sites for hydroxylation is 1. The molecule has 0 saturated carbocycles. The standard InChI is InChI=1S/C17H21BrN2O/c1-2-19-12-15-11-16(18)13-20-17(15)21-10-6-9-14-7-4-3-5-8-14/h3-5,7-8,11,13,19H,2,6,9-10,12H2,1H3. The number of hydrogen-bond acceptors (Lipinski definition) is 3. The topological polar surface area (TPSA) is 34.2 Å². The van der Waals surface area contributed by atoms with E-state index < -0.39 is 0 Å². The summed E-state index contributed by atoms with van der Waals surface area (Å²) in [6, 6.07) is 12.5. The maximum Gasteiger partial charge on any atom is 0.217 e. The Morgan fingerprint density at radius 3 is 2.81 bits per heavy atom. The minimum atomic E-state index is 0.683. The lowest BCUT2D eigenvalue weighted by atomic mass is 10.1. The lowest BCUT2D eigenvalue weighted by Crippen LogP contribution is -2.14. The van der Waals surface area contributed by atoms with E-state index in [9.17, 15) is 0 Å². The fourth-order valence-electron chi connectivity index (χ4n) is 2.07. The molecule has 0 bridgehead atoms. The molecule has 3 nitrogen and oxygen atoms in total. The Bertz CT molecular complexity index is 546. The summed E-state index contributed by atoms with van der Waals surface area (Å²) in [4.78, 5) is 4.37. The largest absolute Gasteiger partial charge is 0.477 e. The Morgan fingerprint density at radius 1 is 1.24 bits per heavy atom. The molecule has 0 fully saturated rings. The zero-order valence-electron chi connectivity index (χ0n) is 12.3. The molecule has 2 aromatic rings. The molecule has 0 aliphatic heterocycles. The Kier molecular flexibility index (Phi) is 6.70. The second kappa shape index (κ2) is 8.80. The van der Waals surface area contributed by atoms with Crippen LogP contribution in [0.5, 0.6) is 5.88 Å². The molecule has 0 radical (unpaired) electrons. The van der Waals surface area contributed by atoms with E-state index >= 15 is 0 Å². The third-order valence-corrected chi connectivity index (χ3v) is 3.58. The quantitative estimate of drug-likeness (QED) is 0.733. The van der Waals surface area contributed by atoms with Crippen LogP contribution in [0.15, 0.2) is 47.1 Å². The van der Waals surface area contributed by atoms with Crippen LogP contribution >= 0.6 is 15.9 Å². The van der Waals surface area contributed by atoms with Gasteiger partial charge in [0, 0.05) is 22.8 Å². The number of hydrogen-bond donors (Lipinski definition) is 1. The van der Waals surface area contributed by atoms with Crippen molar-refractivity contribution in [3.63, 3.8) is 0 Å². The van der Waals surface area contributed by atoms with Crippen LogP contribution in [0.1, 0.15) is 24.5 Å². The van der Waals surface area contributed by atoms with Crippen LogP contribution in [-0.2, 0) is 13.0 Å². The van der Waals surface area contributed by atoms with Gasteiger partial charge in [0.15, 0.2) is 0 Å². The summed E-state index contributed by atoms with van der Waals surface area (Å²) in [5, 5.41) is 3.31. The van der Waals surface area contributed by atoms with E-state index in [0.29, 0.717) is 6.61 Å². The smallest absolute Gasteiger partial charge is 0.217 e. The van der Waals surface area contributed by atoms with Crippen molar-refractivity contribution in [3.8, 4) is 5.88 Å². The Hall–Kier alpha value is -1.39. The van der Waals surface area contributed by atoms with Gasteiger partial charge < -0.3 is 10.1 Å². The molecule has 1 aromatic carbocycles. The summed E-state index contributed by atoms with van der Waals surface area (Å²) in [6.45, 7) is 4.48. The molecule has 112 valence electrons. The summed E-state index contributed by atoms with van der Waals surface area (Å²) in [5.41, 5.74) is 2.43. The molecule has 21 heavy (non-hydrogen) atoms. The predicted octanol–water partition coefficient (Wildman–Crippen LogP) is 3.97. The zero-order chi connectivity index (χ0) is 14.9. The average molecular weight is 349 g/mol. The van der Waals surface area contributed by atoms with Crippen molar-refractivity contribution < 1.29 is 4.74 Å². The maximum absolute atomic E-state index is 5.84. The number of pyridine rings is 1. The summed E-state index contributed by atoms with van der Waals surface area (Å²) < 4.78 is 6.82. The number of rotatable bonds is 8. The predicted molar refractivity (Wildman–Crippen MR) is 89.6 cm³/mol. The molecule has 4 heteroatoms. The van der Waals surface area contributed by atoms with E-state index in [0.717, 1.165) is 41.8 Å². The highest BCUT2D eigenvalue weighted by molar-refractivity contribution is 9.10. The van der Waals surface area contributed by atoms with Gasteiger partial charge in [-0.3, -0.25) is 0 Å². The molecule has 1 aromatic heterocycles. The van der Waals surface area contributed by atoms with Crippen LogP contribution in [0.4, 0.5) is 0 Å². The molecule has 0 atom stereocenters. The molecule has 0 unspecified atom stereocenters. The van der Waals surface area contributed by atoms with E-state index in [1.807, 2.05) is 6.07 Å². The van der Waals surface area contributed by atoms with Gasteiger partial charge in [0.25, 0.3) is 0 Å². The number of halogens is 1. The lowest BCUT2D eigenvalue weighted by molar-refractivity contribution is 0.295. The Morgan fingerprint density at radius 2 is 2.05 bits per heavy atom. The minimum Gasteiger partial charge on any atom is -0.477 e. The normalized spacial score (nSPS) is 10.6. The van der Waals surface area contributed by atoms with Gasteiger partial charge in [-0.05, 0) is 46.9 Å². The van der Waals surface area contributed by atoms with Gasteiger partial charge in [0.05, 0.1) is 6.61 Å². The van der Waals surface area contributed by atoms with Gasteiger partial charge in [0.2, 0.25) is 5.88 Å². The van der Waals surface area contributed by atoms with Crippen molar-refractivity contribution in [2.75, 3.05) is 13.2 Å². The molecule has 0 spiro atoms. The highest BCUT2D eigenvalue weighted by atomic mass is 79.9. The zero-order valence-corrected chi connectivity index (χ0v) is 13.9. The molecule has 1 heterocycles. The molecular weight excluding hydrogens is 328 g/mol. The minimum absolute atomic E-state index is 0.683. The van der Waals surface area contributed by atoms with Gasteiger partial charge in [-0.15, -0.1) is 0 Å². The van der Waals surface area contributed by atoms with Crippen molar-refractivity contribution in [3.05, 3.63) is 58.2 Å². The van der Waals surface area contributed by atoms with Gasteiger partial charge in [-0.1, -0.05) is 37.3 Å². The second-order valence-electron chi connectivity index (χ2n) is 4.84. The van der Waals surface area contributed by atoms with E-state index in [1.165, 1.54) is 5.56 Å². The molecule has 0 aliphatic carbocycles. The van der Waals surface area contributed by atoms with E-state index in [1.54, 1.807) is 6.20 Å². The highest BCUT2D eigenvalue weighted by Crippen LogP contribution is 2.20. The van der Waals surface area contributed by atoms with Crippen LogP contribution in [0.3, 0.4) is 0 Å². The number of nitrogens with zero attached hydrogens (tertiary/aromatic N) is 1. The monoisotopic (exact) mass is 348 g/mol. The maximum atomic E-state index is 5.84. The van der Waals surface area contributed by atoms with Crippen molar-refractivity contribution in [1.29, 1.82) is 0 Å². The van der Waals surface area contributed by atoms with Crippen LogP contribution in [-0.4, -0.2) is 18.1 Å². The second-order valence-corrected chi connectivity index (χ2v) is 5.75. The van der Waals surface area contributed by atoms with Gasteiger partial charge >= 0.3 is 0 Å². The Labute approximate surface area is 134 Å². The third kappa shape index (κ3) is 5.48. The Balaban J connectivity index is 1.84. The van der Waals surface area contributed by atoms with Crippen LogP contribution in [0.2, 0.25) is 0 Å². The number of aromatic nitrogens is 1. The molecule has 0 amide bonds. The van der Waals surface area contributed by atoms with Crippen molar-refractivity contribution in [2.45, 2.75) is 26.3 Å². The highest BCUT2D eigenvalue weighted by Gasteiger charge is 2.06. The van der Waals surface area contributed by atoms with E-state index in [4.69, 9.17) is 4.74 Å². The SMILES string of the molecule is CCNCc1cc(Br)cnc1OCCCc1ccccc1. The molecule has 2 rings (SSSR count). The van der Waals surface area contributed by atoms with E-state index in [-0.39, 0.29) is 0 Å². The average Bonchev–Trinajstić information content (AvgIpc) is 2.52. The van der Waals surface area contributed by atoms with Crippen LogP contribution in [0.25, 0.3) is 0 Å². The van der Waals surface area contributed by atoms with Crippen molar-refractivity contribution >= 4 is 15.9 Å². The van der Waals surface area contributed by atoms with Gasteiger partial charge in [-0.2, -0.15) is 0 Å². The summed E-state index contributed by atoms with van der Waals surface area (Å²) in [7, 11) is 0. The molecule has 0 saturated heterocycles. The van der Waals surface area contributed by atoms with Gasteiger partial charge in [0.1, 0.15) is 0 Å². The van der Waals surface area contributed by atoms with Crippen LogP contribution < -0.4 is 10.1 Å². The lowest BCUT2D eigenvalue weighted by Gasteiger charge is -2.11. The van der Waals surface area contributed by atoms with Crippen molar-refractivity contribution in [2.24, 2.45) is 0 Å². The summed E-state index contributed by atoms with van der Waals surface area (Å²) in [6.07, 6.45) is 3.80. The van der Waals surface area contributed by atoms with Crippen molar-refractivity contribution in [1.82, 2.24) is 10.3 Å².